The average Bonchev–Trinajstić information content (AvgIpc) is 3.45. The summed E-state index contributed by atoms with van der Waals surface area (Å²) in [6, 6.07) is 18.5. The van der Waals surface area contributed by atoms with Crippen molar-refractivity contribution in [2.24, 2.45) is 11.8 Å². The number of aliphatic hydroxyl groups is 1. The smallest absolute Gasteiger partial charge is 0.162 e. The van der Waals surface area contributed by atoms with Crippen LogP contribution in [0.1, 0.15) is 91.0 Å². The molecule has 5 nitrogen and oxygen atoms in total. The van der Waals surface area contributed by atoms with Crippen molar-refractivity contribution in [1.29, 1.82) is 0 Å². The molecular formula is C41H47IrN2O3-. The molecule has 0 saturated heterocycles. The third-order valence-corrected chi connectivity index (χ3v) is 9.39. The Morgan fingerprint density at radius 2 is 1.66 bits per heavy atom. The molecule has 2 aromatic carbocycles. The van der Waals surface area contributed by atoms with Crippen LogP contribution in [0.4, 0.5) is 0 Å². The van der Waals surface area contributed by atoms with E-state index in [1.807, 2.05) is 46.3 Å². The summed E-state index contributed by atoms with van der Waals surface area (Å²) < 4.78 is 6.47. The van der Waals surface area contributed by atoms with Crippen LogP contribution in [-0.2, 0) is 43.2 Å². The molecule has 3 aromatic heterocycles. The third kappa shape index (κ3) is 7.60. The minimum Gasteiger partial charge on any atom is -0.512 e. The van der Waals surface area contributed by atoms with Gasteiger partial charge < -0.3 is 9.52 Å². The van der Waals surface area contributed by atoms with Crippen molar-refractivity contribution in [3.8, 4) is 22.4 Å². The van der Waals surface area contributed by atoms with Gasteiger partial charge in [0.25, 0.3) is 0 Å². The van der Waals surface area contributed by atoms with Gasteiger partial charge in [-0.25, -0.2) is 0 Å². The Balaban J connectivity index is 0.000000269. The summed E-state index contributed by atoms with van der Waals surface area (Å²) in [5, 5.41) is 13.2. The maximum absolute atomic E-state index is 11.7. The van der Waals surface area contributed by atoms with Crippen molar-refractivity contribution in [3.63, 3.8) is 0 Å². The summed E-state index contributed by atoms with van der Waals surface area (Å²) in [5.74, 6) is 1.59. The fourth-order valence-corrected chi connectivity index (χ4v) is 6.61. The molecule has 0 bridgehead atoms. The molecule has 1 N–H and O–H groups in total. The molecule has 6 heteroatoms. The van der Waals surface area contributed by atoms with E-state index in [1.165, 1.54) is 33.7 Å². The van der Waals surface area contributed by atoms with Crippen LogP contribution in [0.25, 0.3) is 44.1 Å². The van der Waals surface area contributed by atoms with Crippen LogP contribution >= 0.6 is 0 Å². The van der Waals surface area contributed by atoms with Gasteiger partial charge in [0.15, 0.2) is 5.78 Å². The van der Waals surface area contributed by atoms with Crippen LogP contribution in [-0.4, -0.2) is 20.9 Å². The number of furan rings is 1. The Hall–Kier alpha value is -3.60. The zero-order valence-electron chi connectivity index (χ0n) is 28.7. The number of aryl methyl sites for hydroxylation is 2. The van der Waals surface area contributed by atoms with Crippen LogP contribution < -0.4 is 0 Å². The van der Waals surface area contributed by atoms with Crippen LogP contribution in [0.2, 0.25) is 0 Å². The summed E-state index contributed by atoms with van der Waals surface area (Å²) in [6.07, 6.45) is 12.5. The minimum absolute atomic E-state index is 0. The first-order chi connectivity index (χ1) is 22.1. The Kier molecular flexibility index (Phi) is 12.0. The fraction of sp³-hybridized carbons (Fsp3) is 0.390. The summed E-state index contributed by atoms with van der Waals surface area (Å²) in [5.41, 5.74) is 7.69. The van der Waals surface area contributed by atoms with E-state index < -0.39 is 0 Å². The fourth-order valence-electron chi connectivity index (χ4n) is 6.61. The number of hydrogen-bond donors (Lipinski definition) is 1. The molecule has 0 saturated carbocycles. The van der Waals surface area contributed by atoms with Crippen LogP contribution in [0.5, 0.6) is 0 Å². The van der Waals surface area contributed by atoms with Gasteiger partial charge in [-0.05, 0) is 60.8 Å². The summed E-state index contributed by atoms with van der Waals surface area (Å²) >= 11 is 0. The molecule has 0 aliphatic heterocycles. The van der Waals surface area contributed by atoms with Crippen molar-refractivity contribution >= 4 is 27.5 Å². The number of aromatic nitrogens is 2. The molecule has 0 amide bonds. The number of allylic oxidation sites excluding steroid dienone is 2. The zero-order chi connectivity index (χ0) is 33.0. The number of carbonyl (C=O) groups is 1. The van der Waals surface area contributed by atoms with Gasteiger partial charge in [0, 0.05) is 79.7 Å². The second kappa shape index (κ2) is 15.5. The Morgan fingerprint density at radius 3 is 2.34 bits per heavy atom. The van der Waals surface area contributed by atoms with E-state index in [4.69, 9.17) is 9.40 Å². The van der Waals surface area contributed by atoms with Gasteiger partial charge in [-0.3, -0.25) is 14.8 Å². The van der Waals surface area contributed by atoms with E-state index in [-0.39, 0.29) is 48.9 Å². The van der Waals surface area contributed by atoms with E-state index in [2.05, 4.69) is 74.3 Å². The zero-order valence-corrected chi connectivity index (χ0v) is 31.1. The van der Waals surface area contributed by atoms with Crippen molar-refractivity contribution < 1.29 is 34.4 Å². The van der Waals surface area contributed by atoms with Crippen LogP contribution in [0.3, 0.4) is 0 Å². The number of hydrogen-bond acceptors (Lipinski definition) is 5. The monoisotopic (exact) mass is 808 g/mol. The second-order valence-corrected chi connectivity index (χ2v) is 13.4. The molecule has 47 heavy (non-hydrogen) atoms. The number of fused-ring (bicyclic) bond motifs is 6. The van der Waals surface area contributed by atoms with Gasteiger partial charge in [-0.2, -0.15) is 0 Å². The van der Waals surface area contributed by atoms with Crippen molar-refractivity contribution in [2.75, 3.05) is 0 Å². The van der Waals surface area contributed by atoms with Gasteiger partial charge in [0.1, 0.15) is 11.3 Å². The van der Waals surface area contributed by atoms with Crippen molar-refractivity contribution in [3.05, 3.63) is 95.8 Å². The molecule has 3 heterocycles. The first-order valence-corrected chi connectivity index (χ1v) is 16.8. The molecule has 0 fully saturated rings. The van der Waals surface area contributed by atoms with Gasteiger partial charge in [0.05, 0.1) is 5.76 Å². The standard InChI is InChI=1S/C28H23N2O.C13H24O2.Ir/c1-28(2,3)23-15-19(14-17-6-4-5-7-20(17)23)26-27-22(11-13-30-26)25-21-10-12-29-16-18(21)8-9-24(25)31-27;1-5-10(6-2)12(14)9-13(15)11(7-3)8-4;/h4-7,10-13,15-16H,8-9H2,1-3H3;9-11,14H,5-8H2,1-4H3;/q-1;;/b;12-9-;. The summed E-state index contributed by atoms with van der Waals surface area (Å²) in [7, 11) is 0. The van der Waals surface area contributed by atoms with E-state index >= 15 is 0 Å². The summed E-state index contributed by atoms with van der Waals surface area (Å²) in [4.78, 5) is 20.8. The van der Waals surface area contributed by atoms with Crippen molar-refractivity contribution in [1.82, 2.24) is 9.97 Å². The maximum atomic E-state index is 11.7. The van der Waals surface area contributed by atoms with Gasteiger partial charge in [-0.15, -0.1) is 29.1 Å². The quantitative estimate of drug-likeness (QED) is 0.0960. The predicted octanol–water partition coefficient (Wildman–Crippen LogP) is 10.8. The van der Waals surface area contributed by atoms with Crippen LogP contribution in [0, 0.1) is 17.9 Å². The number of ketones is 1. The predicted molar refractivity (Wildman–Crippen MR) is 189 cm³/mol. The first-order valence-electron chi connectivity index (χ1n) is 16.8. The van der Waals surface area contributed by atoms with E-state index in [9.17, 15) is 9.90 Å². The number of rotatable bonds is 8. The minimum atomic E-state index is 0. The number of aliphatic hydroxyl groups excluding tert-OH is 1. The molecule has 0 spiro atoms. The van der Waals surface area contributed by atoms with Gasteiger partial charge in [-0.1, -0.05) is 77.6 Å². The molecule has 1 aliphatic carbocycles. The van der Waals surface area contributed by atoms with Gasteiger partial charge in [0.2, 0.25) is 0 Å². The SMILES string of the molecule is CC(C)(C)c1cc(-c2nccc3c4c(oc23)CCc2cnccc2-4)[c-]c2ccccc12.CCC(CC)C(=O)/C=C(\O)C(CC)CC.[Ir]. The van der Waals surface area contributed by atoms with Crippen LogP contribution in [0.15, 0.2) is 77.3 Å². The largest absolute Gasteiger partial charge is 0.512 e. The van der Waals surface area contributed by atoms with Gasteiger partial charge >= 0.3 is 0 Å². The number of pyridine rings is 2. The molecular weight excluding hydrogens is 761 g/mol. The molecule has 1 aliphatic rings. The normalized spacial score (nSPS) is 12.8. The maximum Gasteiger partial charge on any atom is 0.162 e. The first kappa shape index (κ1) is 36.2. The Labute approximate surface area is 293 Å². The third-order valence-electron chi connectivity index (χ3n) is 9.39. The molecule has 5 aromatic rings. The molecule has 0 atom stereocenters. The Morgan fingerprint density at radius 1 is 0.957 bits per heavy atom. The number of nitrogens with zero attached hydrogens (tertiary/aromatic N) is 2. The number of carbonyl (C=O) groups excluding carboxylic acids is 1. The molecule has 1 radical (unpaired) electrons. The topological polar surface area (TPSA) is 76.2 Å². The molecule has 249 valence electrons. The molecule has 6 rings (SSSR count). The second-order valence-electron chi connectivity index (χ2n) is 13.4. The number of benzene rings is 2. The average molecular weight is 808 g/mol. The molecule has 0 unspecified atom stereocenters. The van der Waals surface area contributed by atoms with E-state index in [0.29, 0.717) is 0 Å². The Bertz CT molecular complexity index is 1870. The van der Waals surface area contributed by atoms with E-state index in [0.717, 1.165) is 71.9 Å². The van der Waals surface area contributed by atoms with Crippen molar-refractivity contribution in [2.45, 2.75) is 92.4 Å². The summed E-state index contributed by atoms with van der Waals surface area (Å²) in [6.45, 7) is 14.8. The van der Waals surface area contributed by atoms with E-state index in [1.54, 1.807) is 0 Å².